The molecular formula is C18H22Cl2N2O3. The quantitative estimate of drug-likeness (QED) is 0.869. The maximum atomic E-state index is 12.9. The molecule has 3 fully saturated rings. The Morgan fingerprint density at radius 1 is 1.32 bits per heavy atom. The summed E-state index contributed by atoms with van der Waals surface area (Å²) in [4.78, 5) is 28.6. The summed E-state index contributed by atoms with van der Waals surface area (Å²) in [5, 5.41) is 10.3. The second-order valence-electron chi connectivity index (χ2n) is 7.25. The minimum absolute atomic E-state index is 0. The smallest absolute Gasteiger partial charge is 0.311 e. The fourth-order valence-corrected chi connectivity index (χ4v) is 5.00. The Morgan fingerprint density at radius 2 is 2.12 bits per heavy atom. The molecule has 1 aromatic rings. The molecule has 0 spiro atoms. The molecule has 0 aromatic heterocycles. The number of carbonyl (C=O) groups excluding carboxylic acids is 1. The van der Waals surface area contributed by atoms with Gasteiger partial charge in [0.2, 0.25) is 5.91 Å². The van der Waals surface area contributed by atoms with Crippen molar-refractivity contribution in [1.82, 2.24) is 4.90 Å². The molecule has 5 nitrogen and oxygen atoms in total. The van der Waals surface area contributed by atoms with Crippen molar-refractivity contribution >= 4 is 41.6 Å². The number of anilines is 1. The number of aliphatic carboxylic acids is 1. The lowest BCUT2D eigenvalue weighted by molar-refractivity contribution is -0.149. The van der Waals surface area contributed by atoms with Crippen LogP contribution in [0.2, 0.25) is 5.02 Å². The molecule has 1 unspecified atom stereocenters. The maximum absolute atomic E-state index is 12.9. The molecule has 4 rings (SSSR count). The van der Waals surface area contributed by atoms with Crippen molar-refractivity contribution in [3.8, 4) is 0 Å². The maximum Gasteiger partial charge on any atom is 0.311 e. The highest BCUT2D eigenvalue weighted by atomic mass is 35.5. The number of carboxylic acid groups (broad SMARTS) is 1. The molecule has 136 valence electrons. The van der Waals surface area contributed by atoms with Crippen LogP contribution < -0.4 is 4.90 Å². The van der Waals surface area contributed by atoms with Crippen molar-refractivity contribution in [3.05, 3.63) is 29.3 Å². The number of fused-ring (bicyclic) bond motifs is 1. The van der Waals surface area contributed by atoms with Gasteiger partial charge >= 0.3 is 5.97 Å². The summed E-state index contributed by atoms with van der Waals surface area (Å²) in [6.07, 6.45) is 3.43. The number of nitrogens with zero attached hydrogens (tertiary/aromatic N) is 2. The lowest BCUT2D eigenvalue weighted by Crippen LogP contribution is -2.43. The normalized spacial score (nSPS) is 31.9. The van der Waals surface area contributed by atoms with E-state index in [1.807, 2.05) is 12.1 Å². The molecule has 1 N–H and O–H groups in total. The van der Waals surface area contributed by atoms with Gasteiger partial charge in [0.1, 0.15) is 0 Å². The van der Waals surface area contributed by atoms with Crippen molar-refractivity contribution in [2.75, 3.05) is 24.5 Å². The van der Waals surface area contributed by atoms with E-state index in [-0.39, 0.29) is 30.3 Å². The number of halogens is 2. The van der Waals surface area contributed by atoms with Gasteiger partial charge in [-0.2, -0.15) is 0 Å². The summed E-state index contributed by atoms with van der Waals surface area (Å²) in [7, 11) is 0. The Hall–Kier alpha value is -1.30. The largest absolute Gasteiger partial charge is 0.481 e. The van der Waals surface area contributed by atoms with E-state index < -0.39 is 11.4 Å². The zero-order valence-corrected chi connectivity index (χ0v) is 15.4. The summed E-state index contributed by atoms with van der Waals surface area (Å²) in [5.41, 5.74) is 0.186. The number of benzene rings is 1. The van der Waals surface area contributed by atoms with Crippen LogP contribution in [-0.4, -0.2) is 47.6 Å². The van der Waals surface area contributed by atoms with Gasteiger partial charge in [-0.15, -0.1) is 12.4 Å². The zero-order valence-electron chi connectivity index (χ0n) is 13.9. The lowest BCUT2D eigenvalue weighted by Gasteiger charge is -2.26. The van der Waals surface area contributed by atoms with Gasteiger partial charge in [0.15, 0.2) is 0 Å². The number of rotatable bonds is 3. The fourth-order valence-electron chi connectivity index (χ4n) is 4.82. The van der Waals surface area contributed by atoms with Crippen molar-refractivity contribution in [1.29, 1.82) is 0 Å². The highest BCUT2D eigenvalue weighted by molar-refractivity contribution is 6.31. The number of amides is 1. The first kappa shape index (κ1) is 18.5. The number of likely N-dealkylation sites (tertiary alicyclic amines) is 1. The van der Waals surface area contributed by atoms with Gasteiger partial charge < -0.3 is 10.0 Å². The van der Waals surface area contributed by atoms with E-state index in [0.717, 1.165) is 37.9 Å². The van der Waals surface area contributed by atoms with Crippen LogP contribution in [0.15, 0.2) is 24.3 Å². The Balaban J connectivity index is 0.00000182. The van der Waals surface area contributed by atoms with E-state index in [9.17, 15) is 14.7 Å². The van der Waals surface area contributed by atoms with Crippen molar-refractivity contribution in [2.24, 2.45) is 11.3 Å². The van der Waals surface area contributed by atoms with Gasteiger partial charge in [-0.3, -0.25) is 14.5 Å². The highest BCUT2D eigenvalue weighted by Crippen LogP contribution is 2.50. The van der Waals surface area contributed by atoms with Gasteiger partial charge in [0.05, 0.1) is 11.5 Å². The fraction of sp³-hybridized carbons (Fsp3) is 0.556. The summed E-state index contributed by atoms with van der Waals surface area (Å²) in [6, 6.07) is 7.13. The van der Waals surface area contributed by atoms with Crippen molar-refractivity contribution in [2.45, 2.75) is 31.7 Å². The van der Waals surface area contributed by atoms with Gasteiger partial charge in [-0.05, 0) is 43.4 Å². The summed E-state index contributed by atoms with van der Waals surface area (Å²) in [5.74, 6) is -0.439. The molecule has 25 heavy (non-hydrogen) atoms. The van der Waals surface area contributed by atoms with E-state index in [1.54, 1.807) is 17.0 Å². The molecule has 1 aliphatic carbocycles. The Kier molecular flexibility index (Phi) is 5.02. The minimum Gasteiger partial charge on any atom is -0.481 e. The van der Waals surface area contributed by atoms with Crippen molar-refractivity contribution in [3.63, 3.8) is 0 Å². The predicted molar refractivity (Wildman–Crippen MR) is 98.4 cm³/mol. The molecular weight excluding hydrogens is 363 g/mol. The Bertz CT molecular complexity index is 699. The second kappa shape index (κ2) is 6.78. The van der Waals surface area contributed by atoms with Crippen LogP contribution in [0, 0.1) is 11.3 Å². The van der Waals surface area contributed by atoms with Crippen LogP contribution in [0.25, 0.3) is 0 Å². The number of carbonyl (C=O) groups is 2. The Labute approximate surface area is 158 Å². The SMILES string of the molecule is Cl.O=C1C(N2C[C@@H]3CCC[C@@]3(C(=O)O)C2)CCN1c1cccc(Cl)c1. The van der Waals surface area contributed by atoms with Crippen LogP contribution >= 0.6 is 24.0 Å². The van der Waals surface area contributed by atoms with Crippen LogP contribution in [0.3, 0.4) is 0 Å². The molecule has 3 aliphatic rings. The van der Waals surface area contributed by atoms with E-state index in [4.69, 9.17) is 11.6 Å². The summed E-state index contributed by atoms with van der Waals surface area (Å²) in [6.45, 7) is 1.89. The highest BCUT2D eigenvalue weighted by Gasteiger charge is 2.57. The van der Waals surface area contributed by atoms with Gasteiger partial charge in [-0.1, -0.05) is 24.1 Å². The first-order valence-corrected chi connectivity index (χ1v) is 8.93. The molecule has 2 saturated heterocycles. The minimum atomic E-state index is -0.690. The monoisotopic (exact) mass is 384 g/mol. The van der Waals surface area contributed by atoms with Crippen molar-refractivity contribution < 1.29 is 14.7 Å². The summed E-state index contributed by atoms with van der Waals surface area (Å²) < 4.78 is 0. The number of hydrogen-bond donors (Lipinski definition) is 1. The molecule has 1 aromatic carbocycles. The third-order valence-corrected chi connectivity index (χ3v) is 6.30. The number of hydrogen-bond acceptors (Lipinski definition) is 3. The molecule has 0 radical (unpaired) electrons. The molecule has 1 saturated carbocycles. The number of carboxylic acids is 1. The molecule has 3 atom stereocenters. The molecule has 7 heteroatoms. The van der Waals surface area contributed by atoms with Crippen LogP contribution in [0.1, 0.15) is 25.7 Å². The predicted octanol–water partition coefficient (Wildman–Crippen LogP) is 3.05. The molecule has 1 amide bonds. The van der Waals surface area contributed by atoms with Crippen LogP contribution in [0.4, 0.5) is 5.69 Å². The molecule has 2 aliphatic heterocycles. The van der Waals surface area contributed by atoms with E-state index in [0.29, 0.717) is 18.1 Å². The third kappa shape index (κ3) is 2.92. The lowest BCUT2D eigenvalue weighted by atomic mass is 9.81. The van der Waals surface area contributed by atoms with E-state index >= 15 is 0 Å². The van der Waals surface area contributed by atoms with Crippen LogP contribution in [-0.2, 0) is 9.59 Å². The van der Waals surface area contributed by atoms with E-state index in [2.05, 4.69) is 4.90 Å². The third-order valence-electron chi connectivity index (χ3n) is 6.06. The Morgan fingerprint density at radius 3 is 2.80 bits per heavy atom. The molecule has 0 bridgehead atoms. The summed E-state index contributed by atoms with van der Waals surface area (Å²) >= 11 is 6.04. The average molecular weight is 385 g/mol. The van der Waals surface area contributed by atoms with Gasteiger partial charge in [0.25, 0.3) is 0 Å². The van der Waals surface area contributed by atoms with Gasteiger partial charge in [0, 0.05) is 30.3 Å². The standard InChI is InChI=1S/C18H21ClN2O3.ClH/c19-13-4-1-5-14(9-13)21-8-6-15(16(21)22)20-10-12-3-2-7-18(12,11-20)17(23)24;/h1,4-5,9,12,15H,2-3,6-8,10-11H2,(H,23,24);1H/t12-,15?,18+;/m0./s1. The average Bonchev–Trinajstić information content (AvgIpc) is 3.18. The molecule has 2 heterocycles. The van der Waals surface area contributed by atoms with Crippen LogP contribution in [0.5, 0.6) is 0 Å². The first-order chi connectivity index (χ1) is 11.5. The first-order valence-electron chi connectivity index (χ1n) is 8.56. The van der Waals surface area contributed by atoms with Gasteiger partial charge in [-0.25, -0.2) is 0 Å². The zero-order chi connectivity index (χ0) is 16.9. The second-order valence-corrected chi connectivity index (χ2v) is 7.69. The topological polar surface area (TPSA) is 60.9 Å². The van der Waals surface area contributed by atoms with E-state index in [1.165, 1.54) is 0 Å².